The van der Waals surface area contributed by atoms with Crippen molar-refractivity contribution in [3.8, 4) is 33.4 Å². The largest absolute Gasteiger partial charge is 0.455 e. The number of furan rings is 1. The Kier molecular flexibility index (Phi) is 10.6. The fourth-order valence-corrected chi connectivity index (χ4v) is 12.0. The highest BCUT2D eigenvalue weighted by Gasteiger charge is 2.49. The van der Waals surface area contributed by atoms with Gasteiger partial charge in [-0.05, 0) is 152 Å². The van der Waals surface area contributed by atoms with Crippen LogP contribution in [0.25, 0.3) is 60.9 Å². The zero-order chi connectivity index (χ0) is 49.5. The molecule has 0 bridgehead atoms. The first kappa shape index (κ1) is 46.6. The SMILES string of the molecule is C/C=C(\C)c1cc(C)cc2c1-c1ccc(N(c3ccc4c(c3)C(C)(C)c3c5c(c6oc7ccccc7c6c3-4)-c3ccccc3C5(C)C)c3ccccc3C(C)(C)C)cc1C2(C)C.CC(C)C(C)(C)C. The van der Waals surface area contributed by atoms with Crippen molar-refractivity contribution in [3.05, 3.63) is 177 Å². The maximum Gasteiger partial charge on any atom is 0.144 e. The molecule has 0 saturated carbocycles. The van der Waals surface area contributed by atoms with Crippen LogP contribution in [0, 0.1) is 18.3 Å². The van der Waals surface area contributed by atoms with E-state index in [0.29, 0.717) is 5.41 Å². The monoisotopic (exact) mass is 908 g/mol. The molecule has 0 spiro atoms. The topological polar surface area (TPSA) is 16.4 Å². The molecule has 3 aliphatic carbocycles. The summed E-state index contributed by atoms with van der Waals surface area (Å²) in [6.45, 7) is 39.5. The minimum Gasteiger partial charge on any atom is -0.455 e. The van der Waals surface area contributed by atoms with Crippen LogP contribution in [0.3, 0.4) is 0 Å². The van der Waals surface area contributed by atoms with Crippen molar-refractivity contribution in [1.82, 2.24) is 0 Å². The Balaban J connectivity index is 0.000000736. The summed E-state index contributed by atoms with van der Waals surface area (Å²) in [5.41, 5.74) is 26.8. The molecule has 0 fully saturated rings. The lowest BCUT2D eigenvalue weighted by molar-refractivity contribution is 0.283. The van der Waals surface area contributed by atoms with Gasteiger partial charge in [-0.15, -0.1) is 0 Å². The second-order valence-electron chi connectivity index (χ2n) is 24.5. The lowest BCUT2D eigenvalue weighted by Crippen LogP contribution is -2.24. The van der Waals surface area contributed by atoms with Gasteiger partial charge >= 0.3 is 0 Å². The van der Waals surface area contributed by atoms with Crippen LogP contribution in [0.2, 0.25) is 0 Å². The molecular weight excluding hydrogens is 835 g/mol. The number of anilines is 3. The Morgan fingerprint density at radius 2 is 1.12 bits per heavy atom. The highest BCUT2D eigenvalue weighted by molar-refractivity contribution is 6.21. The number of allylic oxidation sites excluding steroid dienone is 2. The third-order valence-electron chi connectivity index (χ3n) is 16.8. The summed E-state index contributed by atoms with van der Waals surface area (Å²) in [6.07, 6.45) is 2.25. The van der Waals surface area contributed by atoms with E-state index in [0.717, 1.165) is 17.1 Å². The lowest BCUT2D eigenvalue weighted by atomic mass is 9.72. The van der Waals surface area contributed by atoms with E-state index in [1.165, 1.54) is 117 Å². The number of benzene rings is 7. The highest BCUT2D eigenvalue weighted by Crippen LogP contribution is 2.64. The predicted octanol–water partition coefficient (Wildman–Crippen LogP) is 19.7. The lowest BCUT2D eigenvalue weighted by Gasteiger charge is -2.34. The molecule has 0 aliphatic heterocycles. The van der Waals surface area contributed by atoms with Crippen LogP contribution >= 0.6 is 0 Å². The van der Waals surface area contributed by atoms with E-state index in [9.17, 15) is 0 Å². The summed E-state index contributed by atoms with van der Waals surface area (Å²) in [5, 5.41) is 2.42. The van der Waals surface area contributed by atoms with Gasteiger partial charge in [0.15, 0.2) is 0 Å². The van der Waals surface area contributed by atoms with E-state index < -0.39 is 0 Å². The highest BCUT2D eigenvalue weighted by atomic mass is 16.3. The van der Waals surface area contributed by atoms with Crippen LogP contribution in [0.4, 0.5) is 17.1 Å². The number of hydrogen-bond donors (Lipinski definition) is 0. The van der Waals surface area contributed by atoms with Crippen LogP contribution in [0.5, 0.6) is 0 Å². The van der Waals surface area contributed by atoms with Crippen molar-refractivity contribution in [3.63, 3.8) is 0 Å². The third-order valence-corrected chi connectivity index (χ3v) is 16.8. The molecule has 69 heavy (non-hydrogen) atoms. The van der Waals surface area contributed by atoms with Gasteiger partial charge in [0, 0.05) is 49.6 Å². The molecule has 0 radical (unpaired) electrons. The molecule has 2 nitrogen and oxygen atoms in total. The maximum absolute atomic E-state index is 6.98. The first-order valence-electron chi connectivity index (χ1n) is 25.5. The van der Waals surface area contributed by atoms with Crippen LogP contribution in [0.15, 0.2) is 132 Å². The van der Waals surface area contributed by atoms with Gasteiger partial charge in [0.2, 0.25) is 0 Å². The summed E-state index contributed by atoms with van der Waals surface area (Å²) in [4.78, 5) is 2.55. The van der Waals surface area contributed by atoms with E-state index >= 15 is 0 Å². The van der Waals surface area contributed by atoms with Gasteiger partial charge in [-0.1, -0.05) is 194 Å². The van der Waals surface area contributed by atoms with Gasteiger partial charge in [0.1, 0.15) is 11.2 Å². The van der Waals surface area contributed by atoms with E-state index in [4.69, 9.17) is 4.42 Å². The average molecular weight is 908 g/mol. The van der Waals surface area contributed by atoms with Crippen molar-refractivity contribution >= 4 is 44.6 Å². The molecule has 0 N–H and O–H groups in total. The first-order chi connectivity index (χ1) is 32.4. The molecule has 1 heterocycles. The molecule has 0 unspecified atom stereocenters. The van der Waals surface area contributed by atoms with Gasteiger partial charge in [-0.3, -0.25) is 0 Å². The summed E-state index contributed by atoms with van der Waals surface area (Å²) >= 11 is 0. The average Bonchev–Trinajstić information content (AvgIpc) is 3.94. The van der Waals surface area contributed by atoms with Gasteiger partial charge in [-0.2, -0.15) is 0 Å². The van der Waals surface area contributed by atoms with Crippen molar-refractivity contribution in [1.29, 1.82) is 0 Å². The second-order valence-corrected chi connectivity index (χ2v) is 24.5. The summed E-state index contributed by atoms with van der Waals surface area (Å²) < 4.78 is 6.98. The normalized spacial score (nSPS) is 15.9. The molecule has 8 aromatic rings. The molecular formula is C67H73NO. The Bertz CT molecular complexity index is 3440. The number of rotatable bonds is 4. The van der Waals surface area contributed by atoms with Gasteiger partial charge < -0.3 is 9.32 Å². The Morgan fingerprint density at radius 1 is 0.580 bits per heavy atom. The second kappa shape index (κ2) is 15.7. The Labute approximate surface area is 413 Å². The van der Waals surface area contributed by atoms with Gasteiger partial charge in [0.05, 0.1) is 0 Å². The van der Waals surface area contributed by atoms with Crippen molar-refractivity contribution < 1.29 is 4.42 Å². The summed E-state index contributed by atoms with van der Waals surface area (Å²) in [7, 11) is 0. The van der Waals surface area contributed by atoms with Crippen molar-refractivity contribution in [2.45, 2.75) is 139 Å². The van der Waals surface area contributed by atoms with E-state index in [-0.39, 0.29) is 21.7 Å². The number of aryl methyl sites for hydroxylation is 1. The van der Waals surface area contributed by atoms with Gasteiger partial charge in [-0.25, -0.2) is 0 Å². The quantitative estimate of drug-likeness (QED) is 0.175. The maximum atomic E-state index is 6.98. The molecule has 3 aliphatic rings. The minimum atomic E-state index is -0.299. The van der Waals surface area contributed by atoms with Gasteiger partial charge in [0.25, 0.3) is 0 Å². The zero-order valence-electron chi connectivity index (χ0n) is 44.6. The smallest absolute Gasteiger partial charge is 0.144 e. The Hall–Kier alpha value is -6.12. The van der Waals surface area contributed by atoms with Crippen LogP contribution in [-0.2, 0) is 21.7 Å². The molecule has 0 atom stereocenters. The molecule has 7 aromatic carbocycles. The summed E-state index contributed by atoms with van der Waals surface area (Å²) in [6, 6.07) is 46.1. The van der Waals surface area contributed by atoms with Crippen LogP contribution in [-0.4, -0.2) is 0 Å². The van der Waals surface area contributed by atoms with Crippen LogP contribution < -0.4 is 4.90 Å². The predicted molar refractivity (Wildman–Crippen MR) is 298 cm³/mol. The molecule has 1 aromatic heterocycles. The summed E-state index contributed by atoms with van der Waals surface area (Å²) in [5.74, 6) is 0.799. The molecule has 11 rings (SSSR count). The Morgan fingerprint density at radius 3 is 1.75 bits per heavy atom. The van der Waals surface area contributed by atoms with E-state index in [2.05, 4.69) is 250 Å². The molecule has 352 valence electrons. The third kappa shape index (κ3) is 6.93. The fraction of sp³-hybridized carbons (Fsp3) is 0.343. The first-order valence-corrected chi connectivity index (χ1v) is 25.5. The molecule has 2 heteroatoms. The molecule has 0 amide bonds. The van der Waals surface area contributed by atoms with E-state index in [1.54, 1.807) is 0 Å². The molecule has 0 saturated heterocycles. The fourth-order valence-electron chi connectivity index (χ4n) is 12.0. The number of fused-ring (bicyclic) bond motifs is 15. The van der Waals surface area contributed by atoms with Crippen LogP contribution in [0.1, 0.15) is 161 Å². The van der Waals surface area contributed by atoms with Crippen molar-refractivity contribution in [2.75, 3.05) is 4.90 Å². The number of hydrogen-bond acceptors (Lipinski definition) is 2. The number of nitrogens with zero attached hydrogens (tertiary/aromatic N) is 1. The van der Waals surface area contributed by atoms with Crippen molar-refractivity contribution in [2.24, 2.45) is 11.3 Å². The minimum absolute atomic E-state index is 0.0845. The zero-order valence-corrected chi connectivity index (χ0v) is 44.6. The van der Waals surface area contributed by atoms with E-state index in [1.807, 2.05) is 0 Å². The number of para-hydroxylation sites is 2. The standard InChI is InChI=1S/C60H57NO.C7H16/c1-13-35(3)42-30-34(2)31-47-50(42)39-28-26-36(32-45(39)58(47,7)8)61(48-24-18-17-23-44(48)57(4,5)6)37-27-29-40-46(33-37)60(11,12)54-51(40)52-41-21-15-19-25-49(41)62-56(52)53-38-20-14-16-22-43(38)59(9,10)55(53)54;1-6(2)7(3,4)5/h13-33H,1-12H3;6H,1-5H3/b35-13+;.